The van der Waals surface area contributed by atoms with Crippen molar-refractivity contribution < 1.29 is 4.79 Å². The molecule has 1 unspecified atom stereocenters. The molecule has 0 spiro atoms. The zero-order chi connectivity index (χ0) is 13.9. The van der Waals surface area contributed by atoms with E-state index in [0.29, 0.717) is 23.1 Å². The van der Waals surface area contributed by atoms with Gasteiger partial charge in [0.05, 0.1) is 5.02 Å². The molecule has 104 valence electrons. The highest BCUT2D eigenvalue weighted by Crippen LogP contribution is 2.28. The molecule has 2 aromatic rings. The van der Waals surface area contributed by atoms with Crippen molar-refractivity contribution >= 4 is 29.3 Å². The molecule has 3 rings (SSSR count). The van der Waals surface area contributed by atoms with Crippen LogP contribution in [0.3, 0.4) is 0 Å². The topological polar surface area (TPSA) is 87.7 Å². The van der Waals surface area contributed by atoms with Crippen LogP contribution in [0.25, 0.3) is 0 Å². The maximum absolute atomic E-state index is 12.5. The predicted molar refractivity (Wildman–Crippen MR) is 74.5 cm³/mol. The van der Waals surface area contributed by atoms with Crippen LogP contribution >= 0.6 is 23.4 Å². The van der Waals surface area contributed by atoms with Crippen LogP contribution in [-0.4, -0.2) is 54.5 Å². The molecule has 7 nitrogen and oxygen atoms in total. The van der Waals surface area contributed by atoms with E-state index < -0.39 is 0 Å². The summed E-state index contributed by atoms with van der Waals surface area (Å²) in [4.78, 5) is 18.4. The lowest BCUT2D eigenvalue weighted by Gasteiger charge is -2.33. The predicted octanol–water partition coefficient (Wildman–Crippen LogP) is 1.18. The molecule has 2 aromatic heterocycles. The van der Waals surface area contributed by atoms with Gasteiger partial charge >= 0.3 is 0 Å². The van der Waals surface area contributed by atoms with Crippen LogP contribution in [0, 0.1) is 0 Å². The second-order valence-corrected chi connectivity index (χ2v) is 5.81. The molecular weight excluding hydrogens is 300 g/mol. The summed E-state index contributed by atoms with van der Waals surface area (Å²) in [6, 6.07) is 3.10. The molecule has 0 aliphatic carbocycles. The highest BCUT2D eigenvalue weighted by Gasteiger charge is 2.32. The molecule has 1 amide bonds. The van der Waals surface area contributed by atoms with Crippen molar-refractivity contribution in [1.29, 1.82) is 0 Å². The van der Waals surface area contributed by atoms with Gasteiger partial charge in [0.2, 0.25) is 0 Å². The second kappa shape index (κ2) is 5.76. The van der Waals surface area contributed by atoms with Crippen molar-refractivity contribution in [3.63, 3.8) is 0 Å². The maximum atomic E-state index is 12.5. The van der Waals surface area contributed by atoms with Gasteiger partial charge in [-0.15, -0.1) is 10.2 Å². The highest BCUT2D eigenvalue weighted by molar-refractivity contribution is 7.99. The summed E-state index contributed by atoms with van der Waals surface area (Å²) in [5, 5.41) is 14.5. The largest absolute Gasteiger partial charge is 0.325 e. The fourth-order valence-electron chi connectivity index (χ4n) is 2.02. The van der Waals surface area contributed by atoms with E-state index in [1.807, 2.05) is 0 Å². The van der Waals surface area contributed by atoms with Gasteiger partial charge in [-0.1, -0.05) is 16.8 Å². The zero-order valence-electron chi connectivity index (χ0n) is 10.4. The summed E-state index contributed by atoms with van der Waals surface area (Å²) < 4.78 is 0. The molecule has 3 heterocycles. The fourth-order valence-corrected chi connectivity index (χ4v) is 3.18. The van der Waals surface area contributed by atoms with Gasteiger partial charge in [0, 0.05) is 24.2 Å². The number of hydrogen-bond acceptors (Lipinski definition) is 6. The third-order valence-electron chi connectivity index (χ3n) is 3.00. The fraction of sp³-hybridized carbons (Fsp3) is 0.364. The van der Waals surface area contributed by atoms with Crippen molar-refractivity contribution in [3.05, 3.63) is 34.9 Å². The minimum Gasteiger partial charge on any atom is -0.325 e. The summed E-state index contributed by atoms with van der Waals surface area (Å²) in [5.41, 5.74) is 0.370. The molecule has 1 aliphatic heterocycles. The Bertz CT molecular complexity index is 589. The molecule has 0 bridgehead atoms. The van der Waals surface area contributed by atoms with Gasteiger partial charge < -0.3 is 4.90 Å². The average Bonchev–Trinajstić information content (AvgIpc) is 3.01. The molecule has 0 aromatic carbocycles. The third-order valence-corrected chi connectivity index (χ3v) is 4.24. The Balaban J connectivity index is 1.86. The van der Waals surface area contributed by atoms with E-state index in [9.17, 15) is 4.79 Å². The van der Waals surface area contributed by atoms with E-state index >= 15 is 0 Å². The lowest BCUT2D eigenvalue weighted by Crippen LogP contribution is -2.41. The Labute approximate surface area is 124 Å². The molecule has 1 saturated heterocycles. The number of carbonyl (C=O) groups is 1. The molecule has 1 aliphatic rings. The molecule has 1 fully saturated rings. The van der Waals surface area contributed by atoms with Crippen molar-refractivity contribution in [2.75, 3.05) is 18.1 Å². The number of amides is 1. The van der Waals surface area contributed by atoms with Gasteiger partial charge in [0.25, 0.3) is 5.91 Å². The SMILES string of the molecule is O=C(c1ccc(Cl)cn1)N1CCSCC1c1nn[nH]n1. The molecule has 1 N–H and O–H groups in total. The minimum atomic E-state index is -0.183. The van der Waals surface area contributed by atoms with Crippen molar-refractivity contribution in [3.8, 4) is 0 Å². The first kappa shape index (κ1) is 13.3. The first-order valence-electron chi connectivity index (χ1n) is 5.99. The molecular formula is C11H11ClN6OS. The van der Waals surface area contributed by atoms with Crippen LogP contribution in [0.1, 0.15) is 22.4 Å². The summed E-state index contributed by atoms with van der Waals surface area (Å²) in [6.45, 7) is 0.632. The van der Waals surface area contributed by atoms with Crippen molar-refractivity contribution in [2.24, 2.45) is 0 Å². The van der Waals surface area contributed by atoms with Gasteiger partial charge in [-0.2, -0.15) is 17.0 Å². The second-order valence-electron chi connectivity index (χ2n) is 4.22. The number of nitrogens with one attached hydrogen (secondary N) is 1. The summed E-state index contributed by atoms with van der Waals surface area (Å²) in [6.07, 6.45) is 1.47. The van der Waals surface area contributed by atoms with Crippen molar-refractivity contribution in [2.45, 2.75) is 6.04 Å². The average molecular weight is 311 g/mol. The number of aromatic amines is 1. The van der Waals surface area contributed by atoms with Gasteiger partial charge in [0.15, 0.2) is 5.82 Å². The zero-order valence-corrected chi connectivity index (χ0v) is 11.9. The minimum absolute atomic E-state index is 0.142. The smallest absolute Gasteiger partial charge is 0.273 e. The number of H-pyrrole nitrogens is 1. The van der Waals surface area contributed by atoms with Crippen LogP contribution in [0.2, 0.25) is 5.02 Å². The number of nitrogens with zero attached hydrogens (tertiary/aromatic N) is 5. The number of aromatic nitrogens is 5. The lowest BCUT2D eigenvalue weighted by molar-refractivity contribution is 0.0688. The number of tetrazole rings is 1. The molecule has 20 heavy (non-hydrogen) atoms. The first-order valence-corrected chi connectivity index (χ1v) is 7.52. The number of thioether (sulfide) groups is 1. The Hall–Kier alpha value is -1.67. The van der Waals surface area contributed by atoms with E-state index in [4.69, 9.17) is 11.6 Å². The number of halogens is 1. The van der Waals surface area contributed by atoms with Crippen LogP contribution in [0.4, 0.5) is 0 Å². The number of pyridine rings is 1. The summed E-state index contributed by atoms with van der Waals surface area (Å²) in [5.74, 6) is 2.02. The van der Waals surface area contributed by atoms with Crippen molar-refractivity contribution in [1.82, 2.24) is 30.5 Å². The quantitative estimate of drug-likeness (QED) is 0.896. The molecule has 9 heteroatoms. The monoisotopic (exact) mass is 310 g/mol. The van der Waals surface area contributed by atoms with E-state index in [-0.39, 0.29) is 11.9 Å². The van der Waals surface area contributed by atoms with E-state index in [0.717, 1.165) is 11.5 Å². The number of carbonyl (C=O) groups excluding carboxylic acids is 1. The van der Waals surface area contributed by atoms with E-state index in [2.05, 4.69) is 25.6 Å². The van der Waals surface area contributed by atoms with Crippen LogP contribution in [0.15, 0.2) is 18.3 Å². The Morgan fingerprint density at radius 1 is 1.50 bits per heavy atom. The van der Waals surface area contributed by atoms with E-state index in [1.54, 1.807) is 28.8 Å². The standard InChI is InChI=1S/C11H11ClN6OS/c12-7-1-2-8(13-5-7)11(19)18-3-4-20-6-9(18)10-14-16-17-15-10/h1-2,5,9H,3-4,6H2,(H,14,15,16,17). The Morgan fingerprint density at radius 3 is 3.10 bits per heavy atom. The first-order chi connectivity index (χ1) is 9.75. The number of hydrogen-bond donors (Lipinski definition) is 1. The summed E-state index contributed by atoms with van der Waals surface area (Å²) in [7, 11) is 0. The van der Waals surface area contributed by atoms with Gasteiger partial charge in [-0.25, -0.2) is 4.98 Å². The van der Waals surface area contributed by atoms with Gasteiger partial charge in [-0.3, -0.25) is 4.79 Å². The van der Waals surface area contributed by atoms with Crippen LogP contribution in [0.5, 0.6) is 0 Å². The molecule has 0 saturated carbocycles. The third kappa shape index (κ3) is 2.61. The van der Waals surface area contributed by atoms with Crippen LogP contribution < -0.4 is 0 Å². The van der Waals surface area contributed by atoms with Gasteiger partial charge in [-0.05, 0) is 12.1 Å². The summed E-state index contributed by atoms with van der Waals surface area (Å²) >= 11 is 7.55. The lowest BCUT2D eigenvalue weighted by atomic mass is 10.2. The van der Waals surface area contributed by atoms with E-state index in [1.165, 1.54) is 6.20 Å². The molecule has 0 radical (unpaired) electrons. The van der Waals surface area contributed by atoms with Gasteiger partial charge in [0.1, 0.15) is 11.7 Å². The Morgan fingerprint density at radius 2 is 2.40 bits per heavy atom. The maximum Gasteiger partial charge on any atom is 0.273 e. The normalized spacial score (nSPS) is 19.1. The Kier molecular flexibility index (Phi) is 3.83. The highest BCUT2D eigenvalue weighted by atomic mass is 35.5. The molecule has 1 atom stereocenters. The number of rotatable bonds is 2. The van der Waals surface area contributed by atoms with Crippen LogP contribution in [-0.2, 0) is 0 Å².